The first-order valence-corrected chi connectivity index (χ1v) is 12.8. The zero-order chi connectivity index (χ0) is 26.5. The van der Waals surface area contributed by atoms with E-state index in [0.29, 0.717) is 24.4 Å². The lowest BCUT2D eigenvalue weighted by atomic mass is 10.1. The molecule has 3 aromatic heterocycles. The van der Waals surface area contributed by atoms with E-state index in [9.17, 15) is 9.90 Å². The van der Waals surface area contributed by atoms with Gasteiger partial charge in [-0.25, -0.2) is 9.50 Å². The van der Waals surface area contributed by atoms with Gasteiger partial charge in [0.1, 0.15) is 5.56 Å². The van der Waals surface area contributed by atoms with Crippen LogP contribution in [0.1, 0.15) is 28.4 Å². The number of hydrogen-bond donors (Lipinski definition) is 3. The van der Waals surface area contributed by atoms with E-state index in [4.69, 9.17) is 10.5 Å². The van der Waals surface area contributed by atoms with Crippen LogP contribution in [0.15, 0.2) is 88.9 Å². The van der Waals surface area contributed by atoms with E-state index in [-0.39, 0.29) is 24.3 Å². The first kappa shape index (κ1) is 25.2. The van der Waals surface area contributed by atoms with Gasteiger partial charge in [0.15, 0.2) is 5.65 Å². The number of rotatable bonds is 9. The minimum absolute atomic E-state index is 0.0387. The van der Waals surface area contributed by atoms with Crippen LogP contribution in [-0.2, 0) is 13.2 Å². The van der Waals surface area contributed by atoms with Gasteiger partial charge in [0.2, 0.25) is 11.8 Å². The van der Waals surface area contributed by atoms with Gasteiger partial charge in [-0.2, -0.15) is 4.98 Å². The molecule has 1 amide bonds. The highest BCUT2D eigenvalue weighted by Gasteiger charge is 2.17. The minimum atomic E-state index is -0.300. The van der Waals surface area contributed by atoms with E-state index >= 15 is 0 Å². The number of aliphatic hydroxyl groups excluding tert-OH is 1. The molecule has 192 valence electrons. The molecule has 5 aromatic rings. The Morgan fingerprint density at radius 2 is 1.79 bits per heavy atom. The molecule has 38 heavy (non-hydrogen) atoms. The van der Waals surface area contributed by atoms with Crippen molar-refractivity contribution in [1.82, 2.24) is 24.9 Å². The van der Waals surface area contributed by atoms with E-state index < -0.39 is 0 Å². The number of nitrogen functional groups attached to an aromatic ring is 1. The van der Waals surface area contributed by atoms with E-state index in [1.165, 1.54) is 0 Å². The number of fused-ring (bicyclic) bond motifs is 1. The Balaban J connectivity index is 1.39. The van der Waals surface area contributed by atoms with Gasteiger partial charge >= 0.3 is 0 Å². The van der Waals surface area contributed by atoms with Crippen molar-refractivity contribution < 1.29 is 14.6 Å². The maximum absolute atomic E-state index is 13.4. The number of nitrogens with one attached hydrogen (secondary N) is 1. The monoisotopic (exact) mass is 526 g/mol. The molecule has 0 unspecified atom stereocenters. The number of nitrogens with zero attached hydrogens (tertiary/aromatic N) is 4. The standard InChI is InChI=1S/C28H26N6O3S/c1-2-37-27-22(13-21(16-31-27)18-11-12-34-25(14-18)32-28(29)33-34)26(36)30-15-19-7-3-5-9-23(19)38-24-10-6-4-8-20(24)17-35/h3-14,16,35H,2,15,17H2,1H3,(H2,29,33)(H,30,36). The average Bonchev–Trinajstić information content (AvgIpc) is 3.32. The molecule has 0 bridgehead atoms. The molecule has 0 aliphatic rings. The van der Waals surface area contributed by atoms with Crippen molar-refractivity contribution in [1.29, 1.82) is 0 Å². The fourth-order valence-corrected chi connectivity index (χ4v) is 5.04. The molecule has 5 rings (SSSR count). The van der Waals surface area contributed by atoms with Crippen molar-refractivity contribution in [2.75, 3.05) is 12.3 Å². The number of hydrogen-bond acceptors (Lipinski definition) is 8. The van der Waals surface area contributed by atoms with Crippen LogP contribution in [-0.4, -0.2) is 37.2 Å². The van der Waals surface area contributed by atoms with Crippen LogP contribution in [0.25, 0.3) is 16.8 Å². The van der Waals surface area contributed by atoms with Crippen molar-refractivity contribution in [3.05, 3.63) is 95.8 Å². The van der Waals surface area contributed by atoms with Gasteiger partial charge in [-0.15, -0.1) is 5.10 Å². The lowest BCUT2D eigenvalue weighted by Crippen LogP contribution is -2.24. The second-order valence-electron chi connectivity index (χ2n) is 8.36. The smallest absolute Gasteiger partial charge is 0.257 e. The van der Waals surface area contributed by atoms with Gasteiger partial charge in [-0.1, -0.05) is 48.2 Å². The van der Waals surface area contributed by atoms with E-state index in [0.717, 1.165) is 32.0 Å². The molecule has 4 N–H and O–H groups in total. The number of ether oxygens (including phenoxy) is 1. The summed E-state index contributed by atoms with van der Waals surface area (Å²) < 4.78 is 7.25. The molecule has 9 nitrogen and oxygen atoms in total. The highest BCUT2D eigenvalue weighted by molar-refractivity contribution is 7.99. The molecule has 0 saturated carbocycles. The zero-order valence-corrected chi connectivity index (χ0v) is 21.5. The fourth-order valence-electron chi connectivity index (χ4n) is 3.98. The zero-order valence-electron chi connectivity index (χ0n) is 20.7. The summed E-state index contributed by atoms with van der Waals surface area (Å²) in [5, 5.41) is 16.8. The Bertz CT molecular complexity index is 1600. The SMILES string of the molecule is CCOc1ncc(-c2ccn3nc(N)nc3c2)cc1C(=O)NCc1ccccc1Sc1ccccc1CO. The molecular formula is C28H26N6O3S. The number of carbonyl (C=O) groups is 1. The first-order valence-electron chi connectivity index (χ1n) is 12.0. The van der Waals surface area contributed by atoms with Gasteiger partial charge in [-0.3, -0.25) is 4.79 Å². The Labute approximate surface area is 223 Å². The van der Waals surface area contributed by atoms with Crippen LogP contribution in [0.5, 0.6) is 5.88 Å². The molecule has 0 saturated heterocycles. The Morgan fingerprint density at radius 3 is 2.55 bits per heavy atom. The molecule has 0 aliphatic carbocycles. The Hall–Kier alpha value is -4.41. The van der Waals surface area contributed by atoms with Gasteiger partial charge in [-0.05, 0) is 53.9 Å². The van der Waals surface area contributed by atoms with Gasteiger partial charge in [0.05, 0.1) is 13.2 Å². The first-order chi connectivity index (χ1) is 18.6. The van der Waals surface area contributed by atoms with Crippen molar-refractivity contribution in [3.63, 3.8) is 0 Å². The van der Waals surface area contributed by atoms with E-state index in [2.05, 4.69) is 20.4 Å². The Kier molecular flexibility index (Phi) is 7.52. The second kappa shape index (κ2) is 11.3. The molecule has 0 atom stereocenters. The molecule has 0 fully saturated rings. The predicted molar refractivity (Wildman–Crippen MR) is 146 cm³/mol. The van der Waals surface area contributed by atoms with Crippen LogP contribution in [0.2, 0.25) is 0 Å². The van der Waals surface area contributed by atoms with Crippen molar-refractivity contribution in [3.8, 4) is 17.0 Å². The molecule has 0 spiro atoms. The third-order valence-corrected chi connectivity index (χ3v) is 7.08. The Morgan fingerprint density at radius 1 is 1.05 bits per heavy atom. The van der Waals surface area contributed by atoms with Gasteiger partial charge in [0, 0.05) is 34.3 Å². The summed E-state index contributed by atoms with van der Waals surface area (Å²) in [4.78, 5) is 24.0. The number of benzene rings is 2. The van der Waals surface area contributed by atoms with Gasteiger partial charge < -0.3 is 20.9 Å². The second-order valence-corrected chi connectivity index (χ2v) is 9.44. The lowest BCUT2D eigenvalue weighted by Gasteiger charge is -2.14. The summed E-state index contributed by atoms with van der Waals surface area (Å²) in [6.45, 7) is 2.49. The summed E-state index contributed by atoms with van der Waals surface area (Å²) in [5.74, 6) is 0.151. The number of aromatic nitrogens is 4. The highest BCUT2D eigenvalue weighted by Crippen LogP contribution is 2.33. The van der Waals surface area contributed by atoms with Crippen LogP contribution >= 0.6 is 11.8 Å². The van der Waals surface area contributed by atoms with Crippen LogP contribution in [0, 0.1) is 0 Å². The number of aliphatic hydroxyl groups is 1. The van der Waals surface area contributed by atoms with E-state index in [1.807, 2.05) is 67.6 Å². The minimum Gasteiger partial charge on any atom is -0.477 e. The number of amides is 1. The van der Waals surface area contributed by atoms with Crippen molar-refractivity contribution in [2.24, 2.45) is 0 Å². The number of anilines is 1. The molecule has 0 aliphatic heterocycles. The summed E-state index contributed by atoms with van der Waals surface area (Å²) in [7, 11) is 0. The maximum atomic E-state index is 13.4. The third-order valence-electron chi connectivity index (χ3n) is 5.84. The van der Waals surface area contributed by atoms with E-state index in [1.54, 1.807) is 34.7 Å². The molecule has 3 heterocycles. The van der Waals surface area contributed by atoms with Crippen molar-refractivity contribution >= 4 is 29.3 Å². The van der Waals surface area contributed by atoms with Crippen molar-refractivity contribution in [2.45, 2.75) is 29.9 Å². The molecule has 2 aromatic carbocycles. The largest absolute Gasteiger partial charge is 0.477 e. The third kappa shape index (κ3) is 5.46. The molecular weight excluding hydrogens is 500 g/mol. The predicted octanol–water partition coefficient (Wildman–Crippen LogP) is 4.35. The summed E-state index contributed by atoms with van der Waals surface area (Å²) in [6, 6.07) is 21.0. The van der Waals surface area contributed by atoms with Crippen LogP contribution in [0.4, 0.5) is 5.95 Å². The molecule has 10 heteroatoms. The number of carbonyl (C=O) groups excluding carboxylic acids is 1. The number of pyridine rings is 2. The number of nitrogens with two attached hydrogens (primary N) is 1. The average molecular weight is 527 g/mol. The topological polar surface area (TPSA) is 128 Å². The summed E-state index contributed by atoms with van der Waals surface area (Å²) >= 11 is 1.56. The maximum Gasteiger partial charge on any atom is 0.257 e. The highest BCUT2D eigenvalue weighted by atomic mass is 32.2. The lowest BCUT2D eigenvalue weighted by molar-refractivity contribution is 0.0946. The van der Waals surface area contributed by atoms with Crippen LogP contribution in [0.3, 0.4) is 0 Å². The van der Waals surface area contributed by atoms with Crippen LogP contribution < -0.4 is 15.8 Å². The quantitative estimate of drug-likeness (QED) is 0.259. The fraction of sp³-hybridized carbons (Fsp3) is 0.143. The summed E-state index contributed by atoms with van der Waals surface area (Å²) in [6.07, 6.45) is 3.42. The normalized spacial score (nSPS) is 11.0. The van der Waals surface area contributed by atoms with Gasteiger partial charge in [0.25, 0.3) is 5.91 Å². The molecule has 0 radical (unpaired) electrons. The summed E-state index contributed by atoms with van der Waals surface area (Å²) in [5.41, 5.74) is 10.00.